The average Bonchev–Trinajstić information content (AvgIpc) is 2.67. The van der Waals surface area contributed by atoms with E-state index in [0.717, 1.165) is 5.56 Å². The number of carbonyl (C=O) groups is 2. The van der Waals surface area contributed by atoms with Gasteiger partial charge >= 0.3 is 12.1 Å². The molecule has 8 heteroatoms. The van der Waals surface area contributed by atoms with Gasteiger partial charge in [0.2, 0.25) is 0 Å². The van der Waals surface area contributed by atoms with Crippen LogP contribution in [0.5, 0.6) is 5.75 Å². The second-order valence-electron chi connectivity index (χ2n) is 6.02. The fourth-order valence-electron chi connectivity index (χ4n) is 2.35. The van der Waals surface area contributed by atoms with Crippen molar-refractivity contribution in [1.82, 2.24) is 5.32 Å². The van der Waals surface area contributed by atoms with Gasteiger partial charge in [0.25, 0.3) is 0 Å². The number of aliphatic hydroxyl groups is 1. The van der Waals surface area contributed by atoms with Crippen LogP contribution in [0.4, 0.5) is 4.79 Å². The lowest BCUT2D eigenvalue weighted by molar-refractivity contribution is -0.142. The van der Waals surface area contributed by atoms with Crippen molar-refractivity contribution >= 4 is 28.0 Å². The predicted octanol–water partition coefficient (Wildman–Crippen LogP) is 4.55. The van der Waals surface area contributed by atoms with Crippen molar-refractivity contribution in [3.8, 4) is 5.75 Å². The quantitative estimate of drug-likeness (QED) is 0.280. The molecule has 0 saturated carbocycles. The van der Waals surface area contributed by atoms with E-state index in [2.05, 4.69) is 27.8 Å². The SMILES string of the molecule is C=C(O)/C(Br)=C\C(CC)Oc1cc(CNC(=O)OCC)ccc1CC(=O)OCC. The van der Waals surface area contributed by atoms with Crippen LogP contribution in [-0.4, -0.2) is 36.5 Å². The van der Waals surface area contributed by atoms with Crippen LogP contribution < -0.4 is 10.1 Å². The predicted molar refractivity (Wildman–Crippen MR) is 114 cm³/mol. The first-order valence-corrected chi connectivity index (χ1v) is 10.2. The number of carbonyl (C=O) groups excluding carboxylic acids is 2. The van der Waals surface area contributed by atoms with Gasteiger partial charge in [0.15, 0.2) is 0 Å². The molecule has 0 aliphatic rings. The highest BCUT2D eigenvalue weighted by Crippen LogP contribution is 2.25. The first kappa shape index (κ1) is 24.6. The largest absolute Gasteiger partial charge is 0.507 e. The number of nitrogens with one attached hydrogen (secondary N) is 1. The van der Waals surface area contributed by atoms with E-state index in [1.165, 1.54) is 0 Å². The maximum absolute atomic E-state index is 11.9. The zero-order valence-electron chi connectivity index (χ0n) is 17.0. The highest BCUT2D eigenvalue weighted by Gasteiger charge is 2.15. The maximum Gasteiger partial charge on any atom is 0.407 e. The summed E-state index contributed by atoms with van der Waals surface area (Å²) in [5.74, 6) is 0.0302. The van der Waals surface area contributed by atoms with Crippen LogP contribution in [0.3, 0.4) is 0 Å². The molecule has 2 N–H and O–H groups in total. The lowest BCUT2D eigenvalue weighted by Crippen LogP contribution is -2.23. The van der Waals surface area contributed by atoms with Crippen LogP contribution in [0.15, 0.2) is 41.1 Å². The molecule has 1 aromatic rings. The number of rotatable bonds is 11. The van der Waals surface area contributed by atoms with Crippen molar-refractivity contribution in [1.29, 1.82) is 0 Å². The lowest BCUT2D eigenvalue weighted by Gasteiger charge is -2.19. The minimum atomic E-state index is -0.509. The summed E-state index contributed by atoms with van der Waals surface area (Å²) >= 11 is 3.24. The van der Waals surface area contributed by atoms with E-state index >= 15 is 0 Å². The van der Waals surface area contributed by atoms with E-state index in [4.69, 9.17) is 14.2 Å². The third-order valence-electron chi connectivity index (χ3n) is 3.77. The monoisotopic (exact) mass is 469 g/mol. The number of benzene rings is 1. The van der Waals surface area contributed by atoms with E-state index in [-0.39, 0.29) is 37.4 Å². The molecule has 29 heavy (non-hydrogen) atoms. The van der Waals surface area contributed by atoms with Gasteiger partial charge in [-0.05, 0) is 53.9 Å². The molecule has 0 fully saturated rings. The molecule has 0 aliphatic heterocycles. The second-order valence-corrected chi connectivity index (χ2v) is 6.88. The fraction of sp³-hybridized carbons (Fsp3) is 0.429. The second kappa shape index (κ2) is 12.9. The van der Waals surface area contributed by atoms with Gasteiger partial charge in [-0.2, -0.15) is 0 Å². The Morgan fingerprint density at radius 1 is 1.24 bits per heavy atom. The molecule has 0 saturated heterocycles. The topological polar surface area (TPSA) is 94.1 Å². The van der Waals surface area contributed by atoms with E-state index in [1.54, 1.807) is 38.1 Å². The summed E-state index contributed by atoms with van der Waals surface area (Å²) in [4.78, 5) is 23.5. The number of esters is 1. The van der Waals surface area contributed by atoms with Gasteiger partial charge in [-0.25, -0.2) is 4.79 Å². The number of halogens is 1. The third kappa shape index (κ3) is 9.04. The van der Waals surface area contributed by atoms with Crippen LogP contribution in [0, 0.1) is 0 Å². The van der Waals surface area contributed by atoms with Crippen molar-refractivity contribution in [2.75, 3.05) is 13.2 Å². The molecule has 1 amide bonds. The van der Waals surface area contributed by atoms with Crippen molar-refractivity contribution in [2.24, 2.45) is 0 Å². The summed E-state index contributed by atoms with van der Waals surface area (Å²) in [6, 6.07) is 5.33. The first-order chi connectivity index (χ1) is 13.8. The normalized spacial score (nSPS) is 12.1. The highest BCUT2D eigenvalue weighted by atomic mass is 79.9. The molecule has 0 spiro atoms. The number of hydrogen-bond acceptors (Lipinski definition) is 6. The summed E-state index contributed by atoms with van der Waals surface area (Å²) in [5.41, 5.74) is 1.44. The Hall–Kier alpha value is -2.48. The van der Waals surface area contributed by atoms with Crippen molar-refractivity contribution < 1.29 is 28.9 Å². The van der Waals surface area contributed by atoms with E-state index in [1.807, 2.05) is 6.92 Å². The first-order valence-electron chi connectivity index (χ1n) is 9.40. The van der Waals surface area contributed by atoms with Gasteiger partial charge in [-0.3, -0.25) is 4.79 Å². The maximum atomic E-state index is 11.9. The Balaban J connectivity index is 3.09. The minimum Gasteiger partial charge on any atom is -0.507 e. The molecular weight excluding hydrogens is 442 g/mol. The highest BCUT2D eigenvalue weighted by molar-refractivity contribution is 9.11. The summed E-state index contributed by atoms with van der Waals surface area (Å²) in [5, 5.41) is 12.1. The van der Waals surface area contributed by atoms with Crippen molar-refractivity contribution in [2.45, 2.75) is 46.3 Å². The van der Waals surface area contributed by atoms with E-state index < -0.39 is 6.09 Å². The molecule has 0 aromatic heterocycles. The summed E-state index contributed by atoms with van der Waals surface area (Å²) in [6.45, 7) is 9.70. The summed E-state index contributed by atoms with van der Waals surface area (Å²) in [6.07, 6.45) is 1.49. The minimum absolute atomic E-state index is 0.0583. The molecule has 0 bridgehead atoms. The average molecular weight is 470 g/mol. The Labute approximate surface area is 179 Å². The van der Waals surface area contributed by atoms with Crippen molar-refractivity contribution in [3.05, 3.63) is 52.2 Å². The van der Waals surface area contributed by atoms with E-state index in [9.17, 15) is 14.7 Å². The molecule has 1 aromatic carbocycles. The number of ether oxygens (including phenoxy) is 3. The molecular formula is C21H28BrNO6. The number of allylic oxidation sites excluding steroid dienone is 1. The van der Waals surface area contributed by atoms with Crippen LogP contribution in [0.1, 0.15) is 38.3 Å². The zero-order valence-corrected chi connectivity index (χ0v) is 18.6. The zero-order chi connectivity index (χ0) is 21.8. The molecule has 0 aliphatic carbocycles. The molecule has 0 radical (unpaired) electrons. The lowest BCUT2D eigenvalue weighted by atomic mass is 10.1. The van der Waals surface area contributed by atoms with Gasteiger partial charge in [-0.1, -0.05) is 25.6 Å². The Morgan fingerprint density at radius 3 is 2.52 bits per heavy atom. The van der Waals surface area contributed by atoms with Crippen molar-refractivity contribution in [3.63, 3.8) is 0 Å². The van der Waals surface area contributed by atoms with Gasteiger partial charge in [0, 0.05) is 12.1 Å². The smallest absolute Gasteiger partial charge is 0.407 e. The van der Waals surface area contributed by atoms with Crippen LogP contribution in [0.2, 0.25) is 0 Å². The Morgan fingerprint density at radius 2 is 1.93 bits per heavy atom. The summed E-state index contributed by atoms with van der Waals surface area (Å²) in [7, 11) is 0. The molecule has 160 valence electrons. The number of aliphatic hydroxyl groups excluding tert-OH is 1. The third-order valence-corrected chi connectivity index (χ3v) is 4.49. The molecule has 1 atom stereocenters. The summed E-state index contributed by atoms with van der Waals surface area (Å²) < 4.78 is 16.4. The van der Waals surface area contributed by atoms with E-state index in [0.29, 0.717) is 28.8 Å². The molecule has 7 nitrogen and oxygen atoms in total. The molecule has 1 unspecified atom stereocenters. The van der Waals surface area contributed by atoms with Crippen LogP contribution in [0.25, 0.3) is 0 Å². The van der Waals surface area contributed by atoms with Gasteiger partial charge < -0.3 is 24.6 Å². The Kier molecular flexibility index (Phi) is 10.9. The van der Waals surface area contributed by atoms with Gasteiger partial charge in [-0.15, -0.1) is 0 Å². The molecule has 0 heterocycles. The fourth-order valence-corrected chi connectivity index (χ4v) is 2.64. The number of alkyl carbamates (subject to hydrolysis) is 1. The Bertz CT molecular complexity index is 747. The molecule has 1 rings (SSSR count). The number of amides is 1. The van der Waals surface area contributed by atoms with Crippen LogP contribution in [-0.2, 0) is 27.2 Å². The standard InChI is InChI=1S/C21H28BrNO6/c1-5-17(12-18(22)14(4)24)29-19-10-15(13-23-21(26)28-7-3)8-9-16(19)11-20(25)27-6-2/h8-10,12,17,24H,4-7,11,13H2,1-3H3,(H,23,26)/b18-12+. The van der Waals surface area contributed by atoms with Gasteiger partial charge in [0.1, 0.15) is 17.6 Å². The van der Waals surface area contributed by atoms with Gasteiger partial charge in [0.05, 0.1) is 24.1 Å². The van der Waals surface area contributed by atoms with Crippen LogP contribution >= 0.6 is 15.9 Å². The number of hydrogen-bond donors (Lipinski definition) is 2.